The Labute approximate surface area is 355 Å². The monoisotopic (exact) mass is 826 g/mol. The van der Waals surface area contributed by atoms with E-state index in [9.17, 15) is 0 Å². The lowest BCUT2D eigenvalue weighted by Gasteiger charge is -2.03. The molecule has 0 amide bonds. The first kappa shape index (κ1) is 50.1. The molecule has 0 spiro atoms. The maximum absolute atomic E-state index is 8.59. The van der Waals surface area contributed by atoms with Crippen molar-refractivity contribution in [2.24, 2.45) is 0 Å². The highest BCUT2D eigenvalue weighted by molar-refractivity contribution is 9.10. The predicted octanol–water partition coefficient (Wildman–Crippen LogP) is 15.7. The van der Waals surface area contributed by atoms with Gasteiger partial charge in [0.2, 0.25) is 0 Å². The van der Waals surface area contributed by atoms with Crippen LogP contribution in [0.1, 0.15) is 158 Å². The Hall–Kier alpha value is -4.92. The van der Waals surface area contributed by atoms with Crippen LogP contribution in [0.2, 0.25) is 0 Å². The quantitative estimate of drug-likeness (QED) is 0.168. The van der Waals surface area contributed by atoms with Gasteiger partial charge in [0.1, 0.15) is 0 Å². The molecule has 0 unspecified atom stereocenters. The molecule has 0 bridgehead atoms. The Morgan fingerprint density at radius 3 is 1.28 bits per heavy atom. The lowest BCUT2D eigenvalue weighted by atomic mass is 10.0. The van der Waals surface area contributed by atoms with Crippen molar-refractivity contribution in [2.45, 2.75) is 119 Å². The van der Waals surface area contributed by atoms with Gasteiger partial charge in [-0.15, -0.1) is 0 Å². The molecule has 0 saturated heterocycles. The summed E-state index contributed by atoms with van der Waals surface area (Å²) in [4.78, 5) is 12.1. The zero-order valence-corrected chi connectivity index (χ0v) is 38.2. The van der Waals surface area contributed by atoms with Crippen LogP contribution >= 0.6 is 15.9 Å². The number of hydrogen-bond acceptors (Lipinski definition) is 4. The molecule has 6 rings (SSSR count). The number of halogens is 1. The van der Waals surface area contributed by atoms with Gasteiger partial charge in [-0.1, -0.05) is 166 Å². The number of nitriles is 1. The molecule has 0 N–H and O–H groups in total. The van der Waals surface area contributed by atoms with Gasteiger partial charge in [-0.25, -0.2) is 0 Å². The summed E-state index contributed by atoms with van der Waals surface area (Å²) >= 11 is 3.43. The SMILES string of the molecule is CC(C)c1cccc(Br)c1.CC(C)c1cccc(C#N)c1.CC(C)c1ccccc1.CC(C)c1ccccn1.CC(C)c1cccnc1.CC(C)c1ccncc1. The molecule has 0 fully saturated rings. The van der Waals surface area contributed by atoms with Crippen molar-refractivity contribution in [3.63, 3.8) is 0 Å². The molecular weight excluding hydrogens is 761 g/mol. The molecule has 0 aliphatic rings. The normalized spacial score (nSPS) is 10.1. The largest absolute Gasteiger partial charge is 0.265 e. The maximum atomic E-state index is 8.59. The molecule has 4 nitrogen and oxygen atoms in total. The Kier molecular flexibility index (Phi) is 25.8. The van der Waals surface area contributed by atoms with Gasteiger partial charge in [-0.05, 0) is 118 Å². The second-order valence-corrected chi connectivity index (χ2v) is 16.4. The summed E-state index contributed by atoms with van der Waals surface area (Å²) in [6.07, 6.45) is 9.19. The lowest BCUT2D eigenvalue weighted by Crippen LogP contribution is -1.88. The average molecular weight is 828 g/mol. The van der Waals surface area contributed by atoms with Crippen molar-refractivity contribution in [3.05, 3.63) is 196 Å². The van der Waals surface area contributed by atoms with Crippen LogP contribution in [0.4, 0.5) is 0 Å². The summed E-state index contributed by atoms with van der Waals surface area (Å²) in [5.74, 6) is 3.55. The van der Waals surface area contributed by atoms with Crippen LogP contribution < -0.4 is 0 Å². The second-order valence-electron chi connectivity index (χ2n) is 15.5. The Bertz CT molecular complexity index is 1720. The first-order chi connectivity index (χ1) is 27.2. The number of rotatable bonds is 6. The second kappa shape index (κ2) is 29.3. The summed E-state index contributed by atoms with van der Waals surface area (Å²) < 4.78 is 1.17. The van der Waals surface area contributed by atoms with E-state index in [0.29, 0.717) is 35.5 Å². The van der Waals surface area contributed by atoms with Gasteiger partial charge >= 0.3 is 0 Å². The summed E-state index contributed by atoms with van der Waals surface area (Å²) in [6, 6.07) is 43.0. The number of pyridine rings is 3. The van der Waals surface area contributed by atoms with Gasteiger partial charge in [0.05, 0.1) is 11.6 Å². The molecule has 0 aliphatic carbocycles. The van der Waals surface area contributed by atoms with Crippen LogP contribution in [0.5, 0.6) is 0 Å². The predicted molar refractivity (Wildman–Crippen MR) is 249 cm³/mol. The first-order valence-electron chi connectivity index (χ1n) is 20.2. The minimum Gasteiger partial charge on any atom is -0.265 e. The molecular formula is C52H67BrN4. The minimum absolute atomic E-state index is 0.503. The molecule has 0 saturated carbocycles. The molecule has 57 heavy (non-hydrogen) atoms. The maximum Gasteiger partial charge on any atom is 0.0991 e. The molecule has 6 aromatic rings. The summed E-state index contributed by atoms with van der Waals surface area (Å²) in [5, 5.41) is 8.59. The molecule has 302 valence electrons. The minimum atomic E-state index is 0.503. The van der Waals surface area contributed by atoms with Gasteiger partial charge < -0.3 is 0 Å². The fourth-order valence-corrected chi connectivity index (χ4v) is 5.27. The summed E-state index contributed by atoms with van der Waals surface area (Å²) in [7, 11) is 0. The van der Waals surface area contributed by atoms with Crippen LogP contribution in [0, 0.1) is 11.3 Å². The number of nitrogens with zero attached hydrogens (tertiary/aromatic N) is 4. The topological polar surface area (TPSA) is 62.5 Å². The molecule has 0 aliphatic heterocycles. The van der Waals surface area contributed by atoms with Crippen LogP contribution in [0.3, 0.4) is 0 Å². The van der Waals surface area contributed by atoms with Gasteiger partial charge in [-0.2, -0.15) is 5.26 Å². The number of benzene rings is 3. The van der Waals surface area contributed by atoms with E-state index >= 15 is 0 Å². The van der Waals surface area contributed by atoms with E-state index in [-0.39, 0.29) is 0 Å². The molecule has 3 heterocycles. The summed E-state index contributed by atoms with van der Waals surface area (Å²) in [6.45, 7) is 26.0. The molecule has 0 atom stereocenters. The molecule has 0 radical (unpaired) electrons. The standard InChI is InChI=1S/C10H11N.C9H11Br.C9H12.3C8H11N/c1-8(2)10-5-3-4-9(6-10)7-11;1-7(2)8-4-3-5-9(10)6-8;1-8(2)9-6-4-3-5-7-9;1-7(2)8-3-5-9-6-4-8;1-7(2)8-4-3-5-9-6-8;1-7(2)8-5-3-4-6-9-8/h3-6,8H,1-2H3;3-7H,1-2H3;3-8H,1-2H3;3*3-7H,1-2H3. The smallest absolute Gasteiger partial charge is 0.0991 e. The van der Waals surface area contributed by atoms with Crippen molar-refractivity contribution in [1.82, 2.24) is 15.0 Å². The van der Waals surface area contributed by atoms with Gasteiger partial charge in [0, 0.05) is 41.2 Å². The highest BCUT2D eigenvalue weighted by Gasteiger charge is 2.00. The van der Waals surface area contributed by atoms with Crippen molar-refractivity contribution in [1.29, 1.82) is 5.26 Å². The van der Waals surface area contributed by atoms with Crippen LogP contribution in [0.15, 0.2) is 157 Å². The first-order valence-corrected chi connectivity index (χ1v) is 21.0. The zero-order valence-electron chi connectivity index (χ0n) is 36.6. The fourth-order valence-electron chi connectivity index (χ4n) is 4.85. The van der Waals surface area contributed by atoms with Gasteiger partial charge in [-0.3, -0.25) is 15.0 Å². The van der Waals surface area contributed by atoms with Crippen LogP contribution in [-0.4, -0.2) is 15.0 Å². The number of aromatic nitrogens is 3. The molecule has 5 heteroatoms. The van der Waals surface area contributed by atoms with Crippen molar-refractivity contribution in [2.75, 3.05) is 0 Å². The van der Waals surface area contributed by atoms with E-state index in [1.165, 1.54) is 32.3 Å². The highest BCUT2D eigenvalue weighted by atomic mass is 79.9. The van der Waals surface area contributed by atoms with E-state index in [0.717, 1.165) is 11.3 Å². The van der Waals surface area contributed by atoms with Crippen LogP contribution in [0.25, 0.3) is 0 Å². The van der Waals surface area contributed by atoms with Crippen LogP contribution in [-0.2, 0) is 0 Å². The third-order valence-electron chi connectivity index (χ3n) is 8.67. The zero-order chi connectivity index (χ0) is 42.6. The Balaban J connectivity index is 0.000000343. The van der Waals surface area contributed by atoms with Crippen molar-refractivity contribution >= 4 is 15.9 Å². The van der Waals surface area contributed by atoms with E-state index in [1.54, 1.807) is 6.20 Å². The fraction of sp³-hybridized carbons (Fsp3) is 0.346. The average Bonchev–Trinajstić information content (AvgIpc) is 3.23. The van der Waals surface area contributed by atoms with Gasteiger partial charge in [0.25, 0.3) is 0 Å². The van der Waals surface area contributed by atoms with Gasteiger partial charge in [0.15, 0.2) is 0 Å². The van der Waals surface area contributed by atoms with E-state index in [4.69, 9.17) is 5.26 Å². The third kappa shape index (κ3) is 23.0. The van der Waals surface area contributed by atoms with E-state index in [2.05, 4.69) is 169 Å². The third-order valence-corrected chi connectivity index (χ3v) is 9.16. The summed E-state index contributed by atoms with van der Waals surface area (Å²) in [5.41, 5.74) is 8.59. The van der Waals surface area contributed by atoms with Crippen molar-refractivity contribution in [3.8, 4) is 6.07 Å². The molecule has 3 aromatic heterocycles. The van der Waals surface area contributed by atoms with Crippen molar-refractivity contribution < 1.29 is 0 Å². The van der Waals surface area contributed by atoms with E-state index < -0.39 is 0 Å². The molecule has 3 aromatic carbocycles. The number of hydrogen-bond donors (Lipinski definition) is 0. The Morgan fingerprint density at radius 1 is 0.421 bits per heavy atom. The lowest BCUT2D eigenvalue weighted by molar-refractivity contribution is 0.823. The Morgan fingerprint density at radius 2 is 0.912 bits per heavy atom. The van der Waals surface area contributed by atoms with E-state index in [1.807, 2.05) is 97.6 Å². The highest BCUT2D eigenvalue weighted by Crippen LogP contribution is 2.19.